The van der Waals surface area contributed by atoms with E-state index in [0.29, 0.717) is 17.1 Å². The number of nitrogens with zero attached hydrogens (tertiary/aromatic N) is 1. The lowest BCUT2D eigenvalue weighted by molar-refractivity contribution is 0.0954. The Morgan fingerprint density at radius 2 is 1.70 bits per heavy atom. The topological polar surface area (TPSA) is 100 Å². The third-order valence-corrected chi connectivity index (χ3v) is 2.95. The van der Waals surface area contributed by atoms with E-state index in [4.69, 9.17) is 9.47 Å². The summed E-state index contributed by atoms with van der Waals surface area (Å²) in [7, 11) is 3.06. The number of rotatable bonds is 5. The lowest BCUT2D eigenvalue weighted by Crippen LogP contribution is -2.17. The zero-order chi connectivity index (χ0) is 16.8. The molecule has 7 nitrogen and oxygen atoms in total. The Morgan fingerprint density at radius 3 is 2.30 bits per heavy atom. The molecule has 2 rings (SSSR count). The van der Waals surface area contributed by atoms with Crippen LogP contribution in [0.4, 0.5) is 0 Å². The average molecular weight is 316 g/mol. The second-order valence-corrected chi connectivity index (χ2v) is 4.55. The average Bonchev–Trinajstić information content (AvgIpc) is 2.53. The minimum absolute atomic E-state index is 0.0898. The standard InChI is InChI=1S/C16H16N2O5/c1-22-14-4-3-10(5-15(14)23-2)9-17-18-16(21)11-6-12(19)8-13(20)7-11/h3-9,19-20H,1-2H3,(H,18,21)/b17-9-. The highest BCUT2D eigenvalue weighted by Gasteiger charge is 2.07. The van der Waals surface area contributed by atoms with Gasteiger partial charge in [0.2, 0.25) is 0 Å². The molecule has 23 heavy (non-hydrogen) atoms. The number of hydrogen-bond acceptors (Lipinski definition) is 6. The summed E-state index contributed by atoms with van der Waals surface area (Å²) in [5, 5.41) is 22.5. The van der Waals surface area contributed by atoms with Crippen LogP contribution >= 0.6 is 0 Å². The van der Waals surface area contributed by atoms with Crippen LogP contribution in [-0.4, -0.2) is 36.6 Å². The van der Waals surface area contributed by atoms with Gasteiger partial charge in [0, 0.05) is 11.6 Å². The van der Waals surface area contributed by atoms with E-state index in [1.165, 1.54) is 32.6 Å². The van der Waals surface area contributed by atoms with Gasteiger partial charge in [0.25, 0.3) is 5.91 Å². The summed E-state index contributed by atoms with van der Waals surface area (Å²) in [6, 6.07) is 8.74. The molecule has 7 heteroatoms. The number of amides is 1. The first kappa shape index (κ1) is 16.2. The van der Waals surface area contributed by atoms with Gasteiger partial charge >= 0.3 is 0 Å². The van der Waals surface area contributed by atoms with Gasteiger partial charge in [0.05, 0.1) is 20.4 Å². The highest BCUT2D eigenvalue weighted by Crippen LogP contribution is 2.26. The van der Waals surface area contributed by atoms with Crippen LogP contribution in [0.2, 0.25) is 0 Å². The molecule has 2 aromatic carbocycles. The molecule has 0 fully saturated rings. The van der Waals surface area contributed by atoms with Crippen LogP contribution in [0.25, 0.3) is 0 Å². The fourth-order valence-corrected chi connectivity index (χ4v) is 1.89. The van der Waals surface area contributed by atoms with Crippen molar-refractivity contribution >= 4 is 12.1 Å². The first-order chi connectivity index (χ1) is 11.0. The first-order valence-corrected chi connectivity index (χ1v) is 6.62. The van der Waals surface area contributed by atoms with Crippen molar-refractivity contribution < 1.29 is 24.5 Å². The Morgan fingerprint density at radius 1 is 1.04 bits per heavy atom. The lowest BCUT2D eigenvalue weighted by Gasteiger charge is -2.07. The molecular formula is C16H16N2O5. The molecule has 0 aliphatic carbocycles. The Hall–Kier alpha value is -3.22. The van der Waals surface area contributed by atoms with E-state index in [0.717, 1.165) is 6.07 Å². The monoisotopic (exact) mass is 316 g/mol. The maximum Gasteiger partial charge on any atom is 0.271 e. The molecule has 0 saturated heterocycles. The van der Waals surface area contributed by atoms with Gasteiger partial charge in [-0.25, -0.2) is 5.43 Å². The van der Waals surface area contributed by atoms with Crippen LogP contribution in [-0.2, 0) is 0 Å². The molecule has 1 amide bonds. The highest BCUT2D eigenvalue weighted by molar-refractivity contribution is 5.95. The number of carbonyl (C=O) groups is 1. The highest BCUT2D eigenvalue weighted by atomic mass is 16.5. The molecule has 0 bridgehead atoms. The van der Waals surface area contributed by atoms with E-state index in [1.54, 1.807) is 18.2 Å². The van der Waals surface area contributed by atoms with Crippen LogP contribution in [0, 0.1) is 0 Å². The van der Waals surface area contributed by atoms with Gasteiger partial charge in [-0.2, -0.15) is 5.10 Å². The molecular weight excluding hydrogens is 300 g/mol. The van der Waals surface area contributed by atoms with Gasteiger partial charge in [0.1, 0.15) is 11.5 Å². The number of aromatic hydroxyl groups is 2. The zero-order valence-corrected chi connectivity index (χ0v) is 12.6. The molecule has 0 spiro atoms. The molecule has 0 saturated carbocycles. The number of carbonyl (C=O) groups excluding carboxylic acids is 1. The van der Waals surface area contributed by atoms with Gasteiger partial charge < -0.3 is 19.7 Å². The predicted octanol–water partition coefficient (Wildman–Crippen LogP) is 1.88. The zero-order valence-electron chi connectivity index (χ0n) is 12.6. The predicted molar refractivity (Wildman–Crippen MR) is 84.4 cm³/mol. The van der Waals surface area contributed by atoms with Crippen molar-refractivity contribution in [3.8, 4) is 23.0 Å². The smallest absolute Gasteiger partial charge is 0.271 e. The number of hydrazone groups is 1. The lowest BCUT2D eigenvalue weighted by atomic mass is 10.2. The molecule has 0 aliphatic heterocycles. The molecule has 3 N–H and O–H groups in total. The molecule has 0 radical (unpaired) electrons. The first-order valence-electron chi connectivity index (χ1n) is 6.62. The number of methoxy groups -OCH3 is 2. The van der Waals surface area contributed by atoms with E-state index < -0.39 is 5.91 Å². The van der Waals surface area contributed by atoms with E-state index in [2.05, 4.69) is 10.5 Å². The van der Waals surface area contributed by atoms with Crippen LogP contribution in [0.15, 0.2) is 41.5 Å². The van der Waals surface area contributed by atoms with Gasteiger partial charge in [-0.1, -0.05) is 0 Å². The van der Waals surface area contributed by atoms with Crippen molar-refractivity contribution in [1.29, 1.82) is 0 Å². The van der Waals surface area contributed by atoms with E-state index in [1.807, 2.05) is 0 Å². The van der Waals surface area contributed by atoms with Crippen LogP contribution in [0.1, 0.15) is 15.9 Å². The van der Waals surface area contributed by atoms with Crippen molar-refractivity contribution in [2.45, 2.75) is 0 Å². The molecule has 2 aromatic rings. The van der Waals surface area contributed by atoms with Crippen molar-refractivity contribution in [3.05, 3.63) is 47.5 Å². The third-order valence-electron chi connectivity index (χ3n) is 2.95. The second-order valence-electron chi connectivity index (χ2n) is 4.55. The Bertz CT molecular complexity index is 723. The molecule has 0 atom stereocenters. The minimum atomic E-state index is -0.562. The molecule has 120 valence electrons. The Kier molecular flexibility index (Phi) is 5.03. The van der Waals surface area contributed by atoms with E-state index >= 15 is 0 Å². The number of phenolic OH excluding ortho intramolecular Hbond substituents is 2. The molecule has 0 heterocycles. The summed E-state index contributed by atoms with van der Waals surface area (Å²) in [6.07, 6.45) is 1.43. The van der Waals surface area contributed by atoms with Crippen molar-refractivity contribution in [1.82, 2.24) is 5.43 Å². The summed E-state index contributed by atoms with van der Waals surface area (Å²) >= 11 is 0. The Balaban J connectivity index is 2.07. The van der Waals surface area contributed by atoms with Crippen molar-refractivity contribution in [2.24, 2.45) is 5.10 Å². The summed E-state index contributed by atoms with van der Waals surface area (Å²) in [6.45, 7) is 0. The van der Waals surface area contributed by atoms with Crippen molar-refractivity contribution in [2.75, 3.05) is 14.2 Å². The molecule has 0 aromatic heterocycles. The molecule has 0 aliphatic rings. The maximum absolute atomic E-state index is 11.9. The largest absolute Gasteiger partial charge is 0.508 e. The maximum atomic E-state index is 11.9. The van der Waals surface area contributed by atoms with Gasteiger partial charge in [-0.05, 0) is 35.9 Å². The van der Waals surface area contributed by atoms with Gasteiger partial charge in [0.15, 0.2) is 11.5 Å². The van der Waals surface area contributed by atoms with E-state index in [-0.39, 0.29) is 17.1 Å². The van der Waals surface area contributed by atoms with Crippen LogP contribution < -0.4 is 14.9 Å². The van der Waals surface area contributed by atoms with Crippen LogP contribution in [0.3, 0.4) is 0 Å². The summed E-state index contributed by atoms with van der Waals surface area (Å²) in [4.78, 5) is 11.9. The fraction of sp³-hybridized carbons (Fsp3) is 0.125. The number of hydrogen-bond donors (Lipinski definition) is 3. The van der Waals surface area contributed by atoms with Crippen molar-refractivity contribution in [3.63, 3.8) is 0 Å². The fourth-order valence-electron chi connectivity index (χ4n) is 1.89. The quantitative estimate of drug-likeness (QED) is 0.577. The SMILES string of the molecule is COc1ccc(/C=N\NC(=O)c2cc(O)cc(O)c2)cc1OC. The van der Waals surface area contributed by atoms with Gasteiger partial charge in [-0.3, -0.25) is 4.79 Å². The minimum Gasteiger partial charge on any atom is -0.508 e. The summed E-state index contributed by atoms with van der Waals surface area (Å²) in [5.41, 5.74) is 3.09. The van der Waals surface area contributed by atoms with Gasteiger partial charge in [-0.15, -0.1) is 0 Å². The third kappa shape index (κ3) is 4.13. The summed E-state index contributed by atoms with van der Waals surface area (Å²) < 4.78 is 10.3. The summed E-state index contributed by atoms with van der Waals surface area (Å²) in [5.74, 6) is 0.149. The molecule has 0 unspecified atom stereocenters. The van der Waals surface area contributed by atoms with Crippen LogP contribution in [0.5, 0.6) is 23.0 Å². The number of benzene rings is 2. The number of nitrogens with one attached hydrogen (secondary N) is 1. The number of phenols is 2. The Labute approximate surface area is 132 Å². The number of ether oxygens (including phenoxy) is 2. The van der Waals surface area contributed by atoms with E-state index in [9.17, 15) is 15.0 Å². The normalized spacial score (nSPS) is 10.5. The second kappa shape index (κ2) is 7.17.